The highest BCUT2D eigenvalue weighted by atomic mass is 16.7. The highest BCUT2D eigenvalue weighted by Crippen LogP contribution is 2.44. The Kier molecular flexibility index (Phi) is 12.7. The van der Waals surface area contributed by atoms with Gasteiger partial charge in [0.15, 0.2) is 6.29 Å². The lowest BCUT2D eigenvalue weighted by molar-refractivity contribution is -0.331. The van der Waals surface area contributed by atoms with Crippen molar-refractivity contribution in [2.24, 2.45) is 23.7 Å². The van der Waals surface area contributed by atoms with Crippen LogP contribution in [0.15, 0.2) is 0 Å². The topological polar surface area (TPSA) is 138 Å². The molecule has 0 amide bonds. The van der Waals surface area contributed by atoms with Gasteiger partial charge in [0.2, 0.25) is 0 Å². The highest BCUT2D eigenvalue weighted by molar-refractivity contribution is 5.73. The molecule has 2 aliphatic heterocycles. The zero-order valence-corrected chi connectivity index (χ0v) is 29.1. The maximum Gasteiger partial charge on any atom is 0.311 e. The van der Waals surface area contributed by atoms with Crippen molar-refractivity contribution >= 4 is 5.97 Å². The van der Waals surface area contributed by atoms with Gasteiger partial charge in [0.05, 0.1) is 23.7 Å². The first-order valence-electron chi connectivity index (χ1n) is 16.2. The van der Waals surface area contributed by atoms with Crippen LogP contribution in [-0.2, 0) is 23.7 Å². The van der Waals surface area contributed by atoms with Crippen LogP contribution in [0.1, 0.15) is 102 Å². The lowest BCUT2D eigenvalue weighted by atomic mass is 9.72. The third-order valence-electron chi connectivity index (χ3n) is 11.3. The van der Waals surface area contributed by atoms with E-state index in [-0.39, 0.29) is 24.2 Å². The number of carbonyl (C=O) groups is 1. The van der Waals surface area contributed by atoms with E-state index in [0.717, 1.165) is 0 Å². The minimum absolute atomic E-state index is 0.0627. The van der Waals surface area contributed by atoms with Gasteiger partial charge in [-0.25, -0.2) is 0 Å². The molecule has 2 rings (SSSR count). The lowest BCUT2D eigenvalue weighted by Crippen LogP contribution is -2.66. The molecular formula is C33H63NO9. The predicted octanol–water partition coefficient (Wildman–Crippen LogP) is 3.51. The fraction of sp³-hybridized carbons (Fsp3) is 0.970. The van der Waals surface area contributed by atoms with Crippen molar-refractivity contribution in [2.45, 2.75) is 161 Å². The van der Waals surface area contributed by atoms with Crippen molar-refractivity contribution < 1.29 is 44.2 Å². The summed E-state index contributed by atoms with van der Waals surface area (Å²) in [6.07, 6.45) is -2.88. The largest absolute Gasteiger partial charge is 0.459 e. The lowest BCUT2D eigenvalue weighted by Gasteiger charge is -2.53. The Morgan fingerprint density at radius 3 is 2.09 bits per heavy atom. The van der Waals surface area contributed by atoms with Crippen LogP contribution < -0.4 is 0 Å². The number of methoxy groups -OCH3 is 1. The molecule has 2 aliphatic rings. The van der Waals surface area contributed by atoms with E-state index in [2.05, 4.69) is 6.92 Å². The molecule has 0 spiro atoms. The van der Waals surface area contributed by atoms with Crippen molar-refractivity contribution in [3.63, 3.8) is 0 Å². The third-order valence-corrected chi connectivity index (χ3v) is 11.3. The van der Waals surface area contributed by atoms with Gasteiger partial charge in [-0.05, 0) is 85.6 Å². The van der Waals surface area contributed by atoms with Crippen LogP contribution in [-0.4, -0.2) is 111 Å². The zero-order valence-electron chi connectivity index (χ0n) is 29.1. The van der Waals surface area contributed by atoms with Crippen LogP contribution in [0.5, 0.6) is 0 Å². The average molecular weight is 618 g/mol. The van der Waals surface area contributed by atoms with Gasteiger partial charge < -0.3 is 44.3 Å². The number of likely N-dealkylation sites (N-methyl/N-ethyl adjacent to an activating group) is 1. The standard InChI is InChI=1S/C33H63NO9/c1-14-25-32(11,38)28(35)23(7)34(12)18-19(3)16-30(9,37)22(6)20(4)27(21(5)29(36)42-25)43-26-17-31(10,40-13)33(39,15-2)24(8)41-26/h19-28,35,37-39H,14-18H2,1-13H3/t19-,20-,21-,22-,23-,24+,25-,26+,27+,28-,30-,31-,32-,33?/m1/s1. The van der Waals surface area contributed by atoms with Gasteiger partial charge in [0, 0.05) is 26.1 Å². The minimum Gasteiger partial charge on any atom is -0.459 e. The van der Waals surface area contributed by atoms with Gasteiger partial charge in [0.1, 0.15) is 29.0 Å². The summed E-state index contributed by atoms with van der Waals surface area (Å²) in [5.74, 6) is -1.93. The molecule has 4 N–H and O–H groups in total. The highest BCUT2D eigenvalue weighted by Gasteiger charge is 2.57. The van der Waals surface area contributed by atoms with Crippen molar-refractivity contribution in [1.29, 1.82) is 0 Å². The molecule has 2 fully saturated rings. The van der Waals surface area contributed by atoms with Crippen molar-refractivity contribution in [1.82, 2.24) is 4.90 Å². The van der Waals surface area contributed by atoms with Gasteiger partial charge in [-0.1, -0.05) is 34.6 Å². The SMILES string of the molecule is CC[C@H]1OC(=O)[C@H](C)[C@@H](O[C@H]2C[C@@](C)(OC)C(O)(CC)[C@H](C)O2)[C@H](C)[C@@H](C)[C@](C)(O)C[C@@H](C)CN(C)[C@H](C)[C@@H](O)[C@]1(C)O. The van der Waals surface area contributed by atoms with Gasteiger partial charge in [-0.2, -0.15) is 0 Å². The molecule has 254 valence electrons. The summed E-state index contributed by atoms with van der Waals surface area (Å²) in [4.78, 5) is 15.8. The van der Waals surface area contributed by atoms with E-state index < -0.39 is 71.0 Å². The van der Waals surface area contributed by atoms with Crippen LogP contribution in [0, 0.1) is 23.7 Å². The van der Waals surface area contributed by atoms with E-state index in [4.69, 9.17) is 18.9 Å². The molecular weight excluding hydrogens is 554 g/mol. The molecule has 10 nitrogen and oxygen atoms in total. The predicted molar refractivity (Wildman–Crippen MR) is 165 cm³/mol. The van der Waals surface area contributed by atoms with Crippen molar-refractivity contribution in [2.75, 3.05) is 20.7 Å². The summed E-state index contributed by atoms with van der Waals surface area (Å²) in [5.41, 5.74) is -5.02. The smallest absolute Gasteiger partial charge is 0.311 e. The Hall–Kier alpha value is -0.850. The molecule has 2 saturated heterocycles. The Morgan fingerprint density at radius 1 is 1.00 bits per heavy atom. The fourth-order valence-electron chi connectivity index (χ4n) is 7.57. The minimum atomic E-state index is -1.71. The molecule has 0 bridgehead atoms. The number of aliphatic hydroxyl groups is 4. The second-order valence-electron chi connectivity index (χ2n) is 14.5. The molecule has 0 aromatic rings. The Balaban J connectivity index is 2.56. The van der Waals surface area contributed by atoms with E-state index in [1.165, 1.54) is 6.92 Å². The van der Waals surface area contributed by atoms with E-state index in [1.807, 2.05) is 60.4 Å². The van der Waals surface area contributed by atoms with Crippen molar-refractivity contribution in [3.05, 3.63) is 0 Å². The van der Waals surface area contributed by atoms with Gasteiger partial charge in [0.25, 0.3) is 0 Å². The first-order chi connectivity index (χ1) is 19.6. The number of carbonyl (C=O) groups excluding carboxylic acids is 1. The van der Waals surface area contributed by atoms with E-state index in [9.17, 15) is 25.2 Å². The molecule has 43 heavy (non-hydrogen) atoms. The summed E-state index contributed by atoms with van der Waals surface area (Å²) >= 11 is 0. The summed E-state index contributed by atoms with van der Waals surface area (Å²) in [5, 5.41) is 46.1. The third kappa shape index (κ3) is 7.76. The van der Waals surface area contributed by atoms with Crippen LogP contribution >= 0.6 is 0 Å². The van der Waals surface area contributed by atoms with E-state index in [1.54, 1.807) is 21.0 Å². The summed E-state index contributed by atoms with van der Waals surface area (Å²) in [6, 6.07) is -0.438. The van der Waals surface area contributed by atoms with Gasteiger partial charge in [-0.15, -0.1) is 0 Å². The van der Waals surface area contributed by atoms with Crippen molar-refractivity contribution in [3.8, 4) is 0 Å². The zero-order chi connectivity index (χ0) is 33.3. The maximum absolute atomic E-state index is 13.8. The summed E-state index contributed by atoms with van der Waals surface area (Å²) in [7, 11) is 3.45. The average Bonchev–Trinajstić information content (AvgIpc) is 2.93. The molecule has 0 aromatic heterocycles. The van der Waals surface area contributed by atoms with Crippen LogP contribution in [0.2, 0.25) is 0 Å². The van der Waals surface area contributed by atoms with Crippen LogP contribution in [0.4, 0.5) is 0 Å². The first kappa shape index (κ1) is 38.3. The van der Waals surface area contributed by atoms with E-state index in [0.29, 0.717) is 25.8 Å². The number of hydrogen-bond donors (Lipinski definition) is 4. The molecule has 14 atom stereocenters. The summed E-state index contributed by atoms with van der Waals surface area (Å²) < 4.78 is 24.7. The number of hydrogen-bond acceptors (Lipinski definition) is 10. The number of cyclic esters (lactones) is 1. The summed E-state index contributed by atoms with van der Waals surface area (Å²) in [6.45, 7) is 20.8. The fourth-order valence-corrected chi connectivity index (χ4v) is 7.57. The number of ether oxygens (including phenoxy) is 4. The first-order valence-corrected chi connectivity index (χ1v) is 16.2. The molecule has 0 saturated carbocycles. The number of rotatable bonds is 5. The quantitative estimate of drug-likeness (QED) is 0.339. The van der Waals surface area contributed by atoms with E-state index >= 15 is 0 Å². The molecule has 10 heteroatoms. The Labute approximate surface area is 260 Å². The second kappa shape index (κ2) is 14.3. The monoisotopic (exact) mass is 617 g/mol. The molecule has 1 unspecified atom stereocenters. The Morgan fingerprint density at radius 2 is 1.58 bits per heavy atom. The van der Waals surface area contributed by atoms with Gasteiger partial charge >= 0.3 is 5.97 Å². The molecule has 0 aromatic carbocycles. The molecule has 2 heterocycles. The maximum atomic E-state index is 13.8. The van der Waals surface area contributed by atoms with Crippen LogP contribution in [0.3, 0.4) is 0 Å². The van der Waals surface area contributed by atoms with Crippen LogP contribution in [0.25, 0.3) is 0 Å². The number of aliphatic hydroxyl groups excluding tert-OH is 1. The number of esters is 1. The van der Waals surface area contributed by atoms with Gasteiger partial charge in [-0.3, -0.25) is 4.79 Å². The second-order valence-corrected chi connectivity index (χ2v) is 14.5. The normalized spacial score (nSPS) is 50.0. The Bertz CT molecular complexity index is 915. The molecule has 0 radical (unpaired) electrons. The number of nitrogens with zero attached hydrogens (tertiary/aromatic N) is 1. The molecule has 0 aliphatic carbocycles.